The third-order valence-corrected chi connectivity index (χ3v) is 6.33. The zero-order chi connectivity index (χ0) is 26.2. The molecule has 11 heteroatoms. The van der Waals surface area contributed by atoms with E-state index in [-0.39, 0.29) is 17.8 Å². The molecule has 1 aliphatic rings. The van der Waals surface area contributed by atoms with Gasteiger partial charge in [-0.05, 0) is 31.5 Å². The minimum absolute atomic E-state index is 0.0457. The average molecular weight is 502 g/mol. The Balaban J connectivity index is 1.67. The third kappa shape index (κ3) is 4.64. The maximum absolute atomic E-state index is 14.6. The minimum Gasteiger partial charge on any atom is -0.397 e. The van der Waals surface area contributed by atoms with E-state index in [9.17, 15) is 28.2 Å². The van der Waals surface area contributed by atoms with Gasteiger partial charge in [0.15, 0.2) is 11.5 Å². The molecule has 4 rings (SSSR count). The van der Waals surface area contributed by atoms with Gasteiger partial charge in [0.05, 0.1) is 41.4 Å². The second-order valence-corrected chi connectivity index (χ2v) is 8.77. The van der Waals surface area contributed by atoms with Gasteiger partial charge in [-0.3, -0.25) is 9.78 Å². The molecule has 1 aromatic carbocycles. The molecular formula is C25H25F3N4O4. The van der Waals surface area contributed by atoms with Crippen molar-refractivity contribution in [3.63, 3.8) is 0 Å². The van der Waals surface area contributed by atoms with Crippen LogP contribution in [0.2, 0.25) is 0 Å². The van der Waals surface area contributed by atoms with Crippen molar-refractivity contribution in [3.8, 4) is 11.3 Å². The van der Waals surface area contributed by atoms with Crippen LogP contribution in [-0.4, -0.2) is 43.9 Å². The van der Waals surface area contributed by atoms with Crippen LogP contribution in [-0.2, 0) is 4.74 Å². The van der Waals surface area contributed by atoms with Crippen LogP contribution in [0.1, 0.15) is 48.8 Å². The van der Waals surface area contributed by atoms with Crippen molar-refractivity contribution in [3.05, 3.63) is 71.4 Å². The zero-order valence-electron chi connectivity index (χ0n) is 19.5. The number of nitrogens with two attached hydrogens (primary N) is 1. The standard InChI is InChI=1S/C25H25F3N4O4/c1-3-20-25(2,35)19(33)10-18(36-20)12-7-8-30-11-17(12)31-24(34)23-16(29)9-15(28)22(32-23)21-13(26)5-4-6-14(21)27/h4-9,11,18-20,33,35H,3,10,29H2,1-2H3,(H,31,34)/t18-,19-,20-,25+/m1/s1. The first-order valence-electron chi connectivity index (χ1n) is 11.3. The van der Waals surface area contributed by atoms with Gasteiger partial charge in [-0.15, -0.1) is 0 Å². The van der Waals surface area contributed by atoms with Crippen LogP contribution in [0, 0.1) is 17.5 Å². The van der Waals surface area contributed by atoms with Gasteiger partial charge in [-0.1, -0.05) is 13.0 Å². The Kier molecular flexibility index (Phi) is 6.98. The summed E-state index contributed by atoms with van der Waals surface area (Å²) in [7, 11) is 0. The second kappa shape index (κ2) is 9.84. The number of nitrogens with one attached hydrogen (secondary N) is 1. The van der Waals surface area contributed by atoms with Crippen LogP contribution in [0.4, 0.5) is 24.5 Å². The number of nitrogens with zero attached hydrogens (tertiary/aromatic N) is 2. The molecular weight excluding hydrogens is 477 g/mol. The fourth-order valence-corrected chi connectivity index (χ4v) is 4.31. The van der Waals surface area contributed by atoms with Gasteiger partial charge in [-0.2, -0.15) is 0 Å². The number of halogens is 3. The van der Waals surface area contributed by atoms with Gasteiger partial charge >= 0.3 is 0 Å². The topological polar surface area (TPSA) is 131 Å². The summed E-state index contributed by atoms with van der Waals surface area (Å²) in [5.74, 6) is -4.09. The Morgan fingerprint density at radius 3 is 2.61 bits per heavy atom. The lowest BCUT2D eigenvalue weighted by molar-refractivity contribution is -0.221. The van der Waals surface area contributed by atoms with Crippen LogP contribution in [0.15, 0.2) is 42.7 Å². The lowest BCUT2D eigenvalue weighted by atomic mass is 9.83. The lowest BCUT2D eigenvalue weighted by Crippen LogP contribution is -2.55. The van der Waals surface area contributed by atoms with E-state index < -0.39 is 64.2 Å². The maximum Gasteiger partial charge on any atom is 0.276 e. The number of pyridine rings is 2. The molecule has 0 bridgehead atoms. The van der Waals surface area contributed by atoms with Gasteiger partial charge in [0.25, 0.3) is 5.91 Å². The van der Waals surface area contributed by atoms with Crippen molar-refractivity contribution < 1.29 is 32.9 Å². The number of amides is 1. The van der Waals surface area contributed by atoms with Gasteiger partial charge in [0.2, 0.25) is 0 Å². The number of nitrogen functional groups attached to an aromatic ring is 1. The van der Waals surface area contributed by atoms with Crippen LogP contribution in [0.5, 0.6) is 0 Å². The van der Waals surface area contributed by atoms with Gasteiger partial charge < -0.3 is 26.0 Å². The summed E-state index contributed by atoms with van der Waals surface area (Å²) in [6.07, 6.45) is 0.834. The SMILES string of the molecule is CC[C@H]1O[C@@H](c2ccncc2NC(=O)c2nc(-c3c(F)cccc3F)c(F)cc2N)C[C@@H](O)[C@]1(C)O. The Hall–Kier alpha value is -3.54. The number of rotatable bonds is 5. The van der Waals surface area contributed by atoms with Crippen LogP contribution >= 0.6 is 0 Å². The number of carbonyl (C=O) groups is 1. The molecule has 0 unspecified atom stereocenters. The highest BCUT2D eigenvalue weighted by Crippen LogP contribution is 2.40. The molecule has 1 fully saturated rings. The molecule has 1 amide bonds. The van der Waals surface area contributed by atoms with Crippen LogP contribution in [0.25, 0.3) is 11.3 Å². The van der Waals surface area contributed by atoms with Gasteiger partial charge in [0.1, 0.15) is 22.9 Å². The molecule has 0 radical (unpaired) electrons. The number of aliphatic hydroxyl groups is 2. The molecule has 1 aliphatic heterocycles. The van der Waals surface area contributed by atoms with E-state index >= 15 is 0 Å². The molecule has 190 valence electrons. The largest absolute Gasteiger partial charge is 0.397 e. The molecule has 36 heavy (non-hydrogen) atoms. The summed E-state index contributed by atoms with van der Waals surface area (Å²) in [4.78, 5) is 20.9. The smallest absolute Gasteiger partial charge is 0.276 e. The minimum atomic E-state index is -1.45. The molecule has 3 aromatic rings. The average Bonchev–Trinajstić information content (AvgIpc) is 2.82. The van der Waals surface area contributed by atoms with Crippen molar-refractivity contribution in [2.24, 2.45) is 0 Å². The number of hydrogen-bond donors (Lipinski definition) is 4. The number of aliphatic hydroxyl groups excluding tert-OH is 1. The third-order valence-electron chi connectivity index (χ3n) is 6.33. The van der Waals surface area contributed by atoms with Gasteiger partial charge in [-0.25, -0.2) is 18.2 Å². The van der Waals surface area contributed by atoms with E-state index in [1.54, 1.807) is 6.07 Å². The number of hydrogen-bond acceptors (Lipinski definition) is 7. The fourth-order valence-electron chi connectivity index (χ4n) is 4.31. The molecule has 1 saturated heterocycles. The number of anilines is 2. The van der Waals surface area contributed by atoms with Crippen LogP contribution < -0.4 is 11.1 Å². The molecule has 8 nitrogen and oxygen atoms in total. The first-order valence-corrected chi connectivity index (χ1v) is 11.3. The van der Waals surface area contributed by atoms with E-state index in [0.29, 0.717) is 12.0 Å². The first kappa shape index (κ1) is 25.5. The van der Waals surface area contributed by atoms with E-state index in [1.807, 2.05) is 6.92 Å². The predicted molar refractivity (Wildman–Crippen MR) is 125 cm³/mol. The first-order chi connectivity index (χ1) is 17.0. The van der Waals surface area contributed by atoms with Gasteiger partial charge in [0, 0.05) is 24.2 Å². The fraction of sp³-hybridized carbons (Fsp3) is 0.320. The molecule has 4 atom stereocenters. The number of ether oxygens (including phenoxy) is 1. The molecule has 0 aliphatic carbocycles. The van der Waals surface area contributed by atoms with Crippen molar-refractivity contribution in [1.82, 2.24) is 9.97 Å². The molecule has 0 saturated carbocycles. The molecule has 5 N–H and O–H groups in total. The van der Waals surface area contributed by atoms with E-state index in [2.05, 4.69) is 15.3 Å². The lowest BCUT2D eigenvalue weighted by Gasteiger charge is -2.44. The van der Waals surface area contributed by atoms with Crippen molar-refractivity contribution in [2.75, 3.05) is 11.1 Å². The summed E-state index contributed by atoms with van der Waals surface area (Å²) in [6.45, 7) is 3.30. The Morgan fingerprint density at radius 2 is 1.94 bits per heavy atom. The Morgan fingerprint density at radius 1 is 1.25 bits per heavy atom. The summed E-state index contributed by atoms with van der Waals surface area (Å²) in [5, 5.41) is 23.7. The van der Waals surface area contributed by atoms with E-state index in [1.165, 1.54) is 19.3 Å². The van der Waals surface area contributed by atoms with E-state index in [0.717, 1.165) is 24.3 Å². The summed E-state index contributed by atoms with van der Waals surface area (Å²) in [5.41, 5.74) is 2.79. The Bertz CT molecular complexity index is 1280. The highest BCUT2D eigenvalue weighted by molar-refractivity contribution is 6.06. The number of carbonyl (C=O) groups excluding carboxylic acids is 1. The highest BCUT2D eigenvalue weighted by Gasteiger charge is 2.46. The molecule has 0 spiro atoms. The van der Waals surface area contributed by atoms with E-state index in [4.69, 9.17) is 10.5 Å². The predicted octanol–water partition coefficient (Wildman–Crippen LogP) is 3.75. The number of aromatic nitrogens is 2. The zero-order valence-corrected chi connectivity index (χ0v) is 19.5. The monoisotopic (exact) mass is 502 g/mol. The summed E-state index contributed by atoms with van der Waals surface area (Å²) >= 11 is 0. The normalized spacial score (nSPS) is 23.9. The van der Waals surface area contributed by atoms with Crippen LogP contribution in [0.3, 0.4) is 0 Å². The second-order valence-electron chi connectivity index (χ2n) is 8.77. The van der Waals surface area contributed by atoms with Crippen molar-refractivity contribution >= 4 is 17.3 Å². The summed E-state index contributed by atoms with van der Waals surface area (Å²) < 4.78 is 49.1. The van der Waals surface area contributed by atoms with Crippen molar-refractivity contribution in [1.29, 1.82) is 0 Å². The Labute approximate surface area is 205 Å². The number of benzene rings is 1. The summed E-state index contributed by atoms with van der Waals surface area (Å²) in [6, 6.07) is 5.35. The molecule has 2 aromatic heterocycles. The maximum atomic E-state index is 14.6. The van der Waals surface area contributed by atoms with Crippen molar-refractivity contribution in [2.45, 2.75) is 50.6 Å². The highest BCUT2D eigenvalue weighted by atomic mass is 19.1. The quantitative estimate of drug-likeness (QED) is 0.418. The molecule has 3 heterocycles.